The van der Waals surface area contributed by atoms with Crippen LogP contribution in [-0.2, 0) is 0 Å². The minimum atomic E-state index is -0.396. The maximum Gasteiger partial charge on any atom is 0.191 e. The molecule has 2 aromatic rings. The Morgan fingerprint density at radius 2 is 2.04 bits per heavy atom. The molecule has 0 atom stereocenters. The molecule has 0 saturated carbocycles. The summed E-state index contributed by atoms with van der Waals surface area (Å²) in [4.78, 5) is 13.4. The Morgan fingerprint density at radius 3 is 2.79 bits per heavy atom. The third-order valence-corrected chi connectivity index (χ3v) is 4.81. The Morgan fingerprint density at radius 1 is 1.21 bits per heavy atom. The third kappa shape index (κ3) is 3.31. The molecule has 0 bridgehead atoms. The van der Waals surface area contributed by atoms with Crippen molar-refractivity contribution in [3.63, 3.8) is 0 Å². The molecule has 5 heteroatoms. The van der Waals surface area contributed by atoms with Crippen LogP contribution in [0.15, 0.2) is 46.9 Å². The first-order valence-corrected chi connectivity index (χ1v) is 8.59. The lowest BCUT2D eigenvalue weighted by Gasteiger charge is -2.17. The Balaban J connectivity index is 1.94. The van der Waals surface area contributed by atoms with Gasteiger partial charge in [0.2, 0.25) is 0 Å². The molecule has 24 heavy (non-hydrogen) atoms. The molecule has 0 amide bonds. The topological polar surface area (TPSA) is 35.5 Å². The molecule has 0 fully saturated rings. The minimum absolute atomic E-state index is 0.128. The monoisotopic (exact) mass is 344 g/mol. The lowest BCUT2D eigenvalue weighted by molar-refractivity contribution is 0.103. The number of hydrogen-bond donors (Lipinski definition) is 0. The minimum Gasteiger partial charge on any atom is -0.493 e. The standard InChI is InChI=1S/C19H17FO3S/c1-3-23-17-9-12(4-6-16(17)22-2)8-13-11-24-18-7-5-14(20)10-15(18)19(13)21/h4-10H,3,11H2,1-2H3/b13-8-. The van der Waals surface area contributed by atoms with Gasteiger partial charge < -0.3 is 9.47 Å². The lowest BCUT2D eigenvalue weighted by atomic mass is 10.0. The fourth-order valence-electron chi connectivity index (χ4n) is 2.56. The lowest BCUT2D eigenvalue weighted by Crippen LogP contribution is -2.12. The van der Waals surface area contributed by atoms with E-state index in [1.165, 1.54) is 23.9 Å². The van der Waals surface area contributed by atoms with E-state index < -0.39 is 5.82 Å². The Kier molecular flexibility index (Phi) is 4.90. The zero-order valence-electron chi connectivity index (χ0n) is 13.5. The Labute approximate surface area is 144 Å². The predicted molar refractivity (Wildman–Crippen MR) is 93.6 cm³/mol. The molecule has 0 aliphatic carbocycles. The van der Waals surface area contributed by atoms with Gasteiger partial charge in [-0.3, -0.25) is 4.79 Å². The van der Waals surface area contributed by atoms with Crippen LogP contribution in [0.25, 0.3) is 6.08 Å². The normalized spacial score (nSPS) is 15.3. The highest BCUT2D eigenvalue weighted by molar-refractivity contribution is 7.99. The maximum atomic E-state index is 13.4. The summed E-state index contributed by atoms with van der Waals surface area (Å²) in [5.74, 6) is 1.32. The number of ether oxygens (including phenoxy) is 2. The number of methoxy groups -OCH3 is 1. The average molecular weight is 344 g/mol. The van der Waals surface area contributed by atoms with Crippen molar-refractivity contribution in [2.24, 2.45) is 0 Å². The first-order chi connectivity index (χ1) is 11.6. The van der Waals surface area contributed by atoms with Gasteiger partial charge in [-0.25, -0.2) is 4.39 Å². The largest absolute Gasteiger partial charge is 0.493 e. The summed E-state index contributed by atoms with van der Waals surface area (Å²) >= 11 is 1.54. The third-order valence-electron chi connectivity index (χ3n) is 3.69. The van der Waals surface area contributed by atoms with Gasteiger partial charge in [0.05, 0.1) is 13.7 Å². The van der Waals surface area contributed by atoms with Crippen molar-refractivity contribution in [1.29, 1.82) is 0 Å². The van der Waals surface area contributed by atoms with Crippen molar-refractivity contribution >= 4 is 23.6 Å². The molecule has 0 aromatic heterocycles. The fraction of sp³-hybridized carbons (Fsp3) is 0.211. The van der Waals surface area contributed by atoms with Crippen LogP contribution in [0.5, 0.6) is 11.5 Å². The van der Waals surface area contributed by atoms with Crippen LogP contribution in [0, 0.1) is 5.82 Å². The molecule has 3 nitrogen and oxygen atoms in total. The average Bonchev–Trinajstić information content (AvgIpc) is 2.58. The van der Waals surface area contributed by atoms with Crippen molar-refractivity contribution in [1.82, 2.24) is 0 Å². The van der Waals surface area contributed by atoms with E-state index in [1.807, 2.05) is 31.2 Å². The van der Waals surface area contributed by atoms with Gasteiger partial charge in [0, 0.05) is 21.8 Å². The van der Waals surface area contributed by atoms with Gasteiger partial charge in [-0.15, -0.1) is 11.8 Å². The number of ketones is 1. The van der Waals surface area contributed by atoms with Gasteiger partial charge in [0.1, 0.15) is 5.82 Å². The number of fused-ring (bicyclic) bond motifs is 1. The van der Waals surface area contributed by atoms with Crippen LogP contribution in [-0.4, -0.2) is 25.3 Å². The smallest absolute Gasteiger partial charge is 0.191 e. The van der Waals surface area contributed by atoms with Crippen LogP contribution >= 0.6 is 11.8 Å². The van der Waals surface area contributed by atoms with Gasteiger partial charge in [-0.2, -0.15) is 0 Å². The number of carbonyl (C=O) groups excluding carboxylic acids is 1. The number of thioether (sulfide) groups is 1. The summed E-state index contributed by atoms with van der Waals surface area (Å²) in [5, 5.41) is 0. The predicted octanol–water partition coefficient (Wildman–Crippen LogP) is 4.61. The first-order valence-electron chi connectivity index (χ1n) is 7.61. The van der Waals surface area contributed by atoms with Crippen molar-refractivity contribution in [2.45, 2.75) is 11.8 Å². The second kappa shape index (κ2) is 7.09. The van der Waals surface area contributed by atoms with Gasteiger partial charge in [-0.1, -0.05) is 6.07 Å². The quantitative estimate of drug-likeness (QED) is 0.759. The molecule has 2 aromatic carbocycles. The number of rotatable bonds is 4. The highest BCUT2D eigenvalue weighted by Gasteiger charge is 2.23. The molecule has 0 spiro atoms. The number of Topliss-reactive ketones (excluding diaryl/α,β-unsaturated/α-hetero) is 1. The molecule has 1 heterocycles. The van der Waals surface area contributed by atoms with Crippen molar-refractivity contribution in [2.75, 3.05) is 19.5 Å². The first kappa shape index (κ1) is 16.6. The number of hydrogen-bond acceptors (Lipinski definition) is 4. The van der Waals surface area contributed by atoms with Gasteiger partial charge in [-0.05, 0) is 48.9 Å². The molecule has 124 valence electrons. The van der Waals surface area contributed by atoms with E-state index in [9.17, 15) is 9.18 Å². The van der Waals surface area contributed by atoms with Gasteiger partial charge in [0.25, 0.3) is 0 Å². The van der Waals surface area contributed by atoms with E-state index in [2.05, 4.69) is 0 Å². The molecule has 0 saturated heterocycles. The molecular weight excluding hydrogens is 327 g/mol. The Bertz CT molecular complexity index is 814. The van der Waals surface area contributed by atoms with Crippen molar-refractivity contribution in [3.8, 4) is 11.5 Å². The maximum absolute atomic E-state index is 13.4. The second-order valence-corrected chi connectivity index (χ2v) is 6.29. The molecule has 0 unspecified atom stereocenters. The van der Waals surface area contributed by atoms with Crippen molar-refractivity contribution < 1.29 is 18.7 Å². The SMILES string of the molecule is CCOc1cc(/C=C2/CSc3ccc(F)cc3C2=O)ccc1OC. The van der Waals surface area contributed by atoms with Crippen LogP contribution in [0.3, 0.4) is 0 Å². The van der Waals surface area contributed by atoms with Gasteiger partial charge >= 0.3 is 0 Å². The van der Waals surface area contributed by atoms with Crippen LogP contribution in [0.4, 0.5) is 4.39 Å². The number of carbonyl (C=O) groups is 1. The molecule has 0 radical (unpaired) electrons. The van der Waals surface area contributed by atoms with E-state index in [1.54, 1.807) is 13.2 Å². The highest BCUT2D eigenvalue weighted by atomic mass is 32.2. The van der Waals surface area contributed by atoms with Crippen LogP contribution < -0.4 is 9.47 Å². The van der Waals surface area contributed by atoms with E-state index >= 15 is 0 Å². The van der Waals surface area contributed by atoms with E-state index in [-0.39, 0.29) is 5.78 Å². The summed E-state index contributed by atoms with van der Waals surface area (Å²) in [6.45, 7) is 2.43. The zero-order valence-corrected chi connectivity index (χ0v) is 14.3. The Hall–Kier alpha value is -2.27. The zero-order chi connectivity index (χ0) is 17.1. The summed E-state index contributed by atoms with van der Waals surface area (Å²) in [5.41, 5.74) is 1.92. The van der Waals surface area contributed by atoms with Crippen LogP contribution in [0.2, 0.25) is 0 Å². The summed E-state index contributed by atoms with van der Waals surface area (Å²) in [6, 6.07) is 9.86. The summed E-state index contributed by atoms with van der Waals surface area (Å²) in [7, 11) is 1.59. The molecular formula is C19H17FO3S. The number of benzene rings is 2. The molecule has 3 rings (SSSR count). The number of halogens is 1. The van der Waals surface area contributed by atoms with Gasteiger partial charge in [0.15, 0.2) is 17.3 Å². The summed E-state index contributed by atoms with van der Waals surface area (Å²) in [6.07, 6.45) is 1.82. The van der Waals surface area contributed by atoms with Crippen molar-refractivity contribution in [3.05, 3.63) is 58.9 Å². The van der Waals surface area contributed by atoms with Crippen LogP contribution in [0.1, 0.15) is 22.8 Å². The van der Waals surface area contributed by atoms with E-state index in [0.29, 0.717) is 35.0 Å². The van der Waals surface area contributed by atoms with E-state index in [0.717, 1.165) is 10.5 Å². The second-order valence-electron chi connectivity index (χ2n) is 5.27. The molecule has 0 N–H and O–H groups in total. The van der Waals surface area contributed by atoms with E-state index in [4.69, 9.17) is 9.47 Å². The summed E-state index contributed by atoms with van der Waals surface area (Å²) < 4.78 is 24.3. The fourth-order valence-corrected chi connectivity index (χ4v) is 3.56. The highest BCUT2D eigenvalue weighted by Crippen LogP contribution is 2.35. The molecule has 1 aliphatic heterocycles. The molecule has 1 aliphatic rings.